The van der Waals surface area contributed by atoms with Gasteiger partial charge in [0, 0.05) is 25.0 Å². The minimum absolute atomic E-state index is 0.233. The fourth-order valence-corrected chi connectivity index (χ4v) is 2.90. The molecule has 2 heteroatoms. The number of hydrogen-bond acceptors (Lipinski definition) is 2. The summed E-state index contributed by atoms with van der Waals surface area (Å²) in [5.74, 6) is 0.256. The first-order valence-corrected chi connectivity index (χ1v) is 7.32. The topological polar surface area (TPSA) is 23.2 Å². The molecule has 0 aromatic heterocycles. The molecule has 0 bridgehead atoms. The van der Waals surface area contributed by atoms with E-state index in [1.807, 2.05) is 6.07 Å². The molecule has 0 amide bonds. The molecule has 2 aromatic carbocycles. The van der Waals surface area contributed by atoms with Gasteiger partial charge in [0.2, 0.25) is 0 Å². The van der Waals surface area contributed by atoms with Crippen molar-refractivity contribution in [1.82, 2.24) is 4.90 Å². The van der Waals surface area contributed by atoms with Gasteiger partial charge < -0.3 is 5.11 Å². The van der Waals surface area contributed by atoms with Crippen LogP contribution in [0.5, 0.6) is 0 Å². The van der Waals surface area contributed by atoms with Gasteiger partial charge in [0.05, 0.1) is 6.61 Å². The summed E-state index contributed by atoms with van der Waals surface area (Å²) in [6, 6.07) is 21.5. The fourth-order valence-electron chi connectivity index (χ4n) is 2.90. The normalized spacial score (nSPS) is 22.4. The maximum absolute atomic E-state index is 9.67. The predicted molar refractivity (Wildman–Crippen MR) is 81.8 cm³/mol. The number of nitrogens with zero attached hydrogens (tertiary/aromatic N) is 1. The molecule has 0 saturated carbocycles. The summed E-state index contributed by atoms with van der Waals surface area (Å²) in [7, 11) is 0. The highest BCUT2D eigenvalue weighted by Crippen LogP contribution is 2.32. The summed E-state index contributed by atoms with van der Waals surface area (Å²) in [5.41, 5.74) is 2.64. The molecular weight excluding hydrogens is 246 g/mol. The molecule has 2 aromatic rings. The zero-order chi connectivity index (χ0) is 13.8. The predicted octanol–water partition coefficient (Wildman–Crippen LogP) is 2.69. The van der Waals surface area contributed by atoms with Crippen molar-refractivity contribution in [3.05, 3.63) is 71.8 Å². The Bertz CT molecular complexity index is 526. The van der Waals surface area contributed by atoms with Gasteiger partial charge in [-0.25, -0.2) is 0 Å². The third kappa shape index (κ3) is 3.09. The largest absolute Gasteiger partial charge is 0.396 e. The summed E-state index contributed by atoms with van der Waals surface area (Å²) >= 11 is 0. The smallest absolute Gasteiger partial charge is 0.0515 e. The lowest BCUT2D eigenvalue weighted by atomic mass is 9.96. The number of benzene rings is 2. The van der Waals surface area contributed by atoms with Crippen LogP contribution in [0, 0.1) is 0 Å². The highest BCUT2D eigenvalue weighted by molar-refractivity contribution is 5.24. The monoisotopic (exact) mass is 267 g/mol. The average molecular weight is 267 g/mol. The molecular formula is C18H21NO. The molecule has 1 N–H and O–H groups in total. The van der Waals surface area contributed by atoms with Crippen molar-refractivity contribution < 1.29 is 5.11 Å². The van der Waals surface area contributed by atoms with Gasteiger partial charge in [0.1, 0.15) is 0 Å². The van der Waals surface area contributed by atoms with Crippen LogP contribution in [0.15, 0.2) is 60.7 Å². The maximum Gasteiger partial charge on any atom is 0.0515 e. The molecule has 0 spiro atoms. The maximum atomic E-state index is 9.67. The van der Waals surface area contributed by atoms with Gasteiger partial charge in [0.25, 0.3) is 0 Å². The molecule has 3 atom stereocenters. The third-order valence-corrected chi connectivity index (χ3v) is 4.18. The second kappa shape index (κ2) is 6.21. The SMILES string of the molecule is OCC(c1ccccc1)C1CN1CCc1ccccc1. The molecule has 1 saturated heterocycles. The van der Waals surface area contributed by atoms with Crippen molar-refractivity contribution in [2.45, 2.75) is 18.4 Å². The van der Waals surface area contributed by atoms with Gasteiger partial charge in [-0.2, -0.15) is 0 Å². The number of rotatable bonds is 6. The van der Waals surface area contributed by atoms with E-state index < -0.39 is 0 Å². The Morgan fingerprint density at radius 1 is 1.00 bits per heavy atom. The highest BCUT2D eigenvalue weighted by atomic mass is 16.3. The van der Waals surface area contributed by atoms with Gasteiger partial charge in [-0.05, 0) is 17.5 Å². The Morgan fingerprint density at radius 3 is 2.30 bits per heavy atom. The van der Waals surface area contributed by atoms with E-state index in [4.69, 9.17) is 0 Å². The van der Waals surface area contributed by atoms with Gasteiger partial charge >= 0.3 is 0 Å². The van der Waals surface area contributed by atoms with Gasteiger partial charge in [0.15, 0.2) is 0 Å². The molecule has 0 aliphatic carbocycles. The van der Waals surface area contributed by atoms with Crippen molar-refractivity contribution in [1.29, 1.82) is 0 Å². The highest BCUT2D eigenvalue weighted by Gasteiger charge is 2.40. The molecule has 0 radical (unpaired) electrons. The van der Waals surface area contributed by atoms with E-state index >= 15 is 0 Å². The van der Waals surface area contributed by atoms with Crippen LogP contribution in [0.2, 0.25) is 0 Å². The summed E-state index contributed by atoms with van der Waals surface area (Å²) < 4.78 is 0. The van der Waals surface area contributed by atoms with E-state index in [2.05, 4.69) is 59.5 Å². The van der Waals surface area contributed by atoms with E-state index in [0.717, 1.165) is 19.5 Å². The van der Waals surface area contributed by atoms with Crippen LogP contribution in [0.3, 0.4) is 0 Å². The Morgan fingerprint density at radius 2 is 1.65 bits per heavy atom. The molecule has 20 heavy (non-hydrogen) atoms. The first-order valence-electron chi connectivity index (χ1n) is 7.32. The lowest BCUT2D eigenvalue weighted by Crippen LogP contribution is -2.17. The Hall–Kier alpha value is -1.64. The van der Waals surface area contributed by atoms with E-state index in [1.165, 1.54) is 11.1 Å². The van der Waals surface area contributed by atoms with Gasteiger partial charge in [-0.3, -0.25) is 4.90 Å². The quantitative estimate of drug-likeness (QED) is 0.813. The molecule has 3 rings (SSSR count). The Kier molecular flexibility index (Phi) is 4.14. The van der Waals surface area contributed by atoms with Crippen LogP contribution in [-0.2, 0) is 6.42 Å². The number of aliphatic hydroxyl groups is 1. The standard InChI is InChI=1S/C18H21NO/c20-14-17(16-9-5-2-6-10-16)18-13-19(18)12-11-15-7-3-1-4-8-15/h1-10,17-18,20H,11-14H2. The first-order chi connectivity index (χ1) is 9.88. The van der Waals surface area contributed by atoms with E-state index in [9.17, 15) is 5.11 Å². The van der Waals surface area contributed by atoms with E-state index in [0.29, 0.717) is 6.04 Å². The van der Waals surface area contributed by atoms with Crippen molar-refractivity contribution in [3.8, 4) is 0 Å². The fraction of sp³-hybridized carbons (Fsp3) is 0.333. The number of hydrogen-bond donors (Lipinski definition) is 1. The van der Waals surface area contributed by atoms with E-state index in [1.54, 1.807) is 0 Å². The molecule has 1 fully saturated rings. The minimum Gasteiger partial charge on any atom is -0.396 e. The Balaban J connectivity index is 1.55. The van der Waals surface area contributed by atoms with Crippen LogP contribution in [0.4, 0.5) is 0 Å². The van der Waals surface area contributed by atoms with Gasteiger partial charge in [-0.15, -0.1) is 0 Å². The second-order valence-corrected chi connectivity index (χ2v) is 5.50. The van der Waals surface area contributed by atoms with Crippen molar-refractivity contribution in [2.24, 2.45) is 0 Å². The average Bonchev–Trinajstić information content (AvgIpc) is 3.28. The molecule has 3 unspecified atom stereocenters. The van der Waals surface area contributed by atoms with Crippen LogP contribution in [0.25, 0.3) is 0 Å². The summed E-state index contributed by atoms with van der Waals surface area (Å²) in [4.78, 5) is 2.46. The van der Waals surface area contributed by atoms with E-state index in [-0.39, 0.29) is 12.5 Å². The molecule has 2 nitrogen and oxygen atoms in total. The lowest BCUT2D eigenvalue weighted by molar-refractivity contribution is 0.252. The lowest BCUT2D eigenvalue weighted by Gasteiger charge is -2.14. The summed E-state index contributed by atoms with van der Waals surface area (Å²) in [6.45, 7) is 2.42. The molecule has 1 aliphatic heterocycles. The Labute approximate surface area is 120 Å². The second-order valence-electron chi connectivity index (χ2n) is 5.50. The van der Waals surface area contributed by atoms with Crippen LogP contribution in [0.1, 0.15) is 17.0 Å². The van der Waals surface area contributed by atoms with Crippen molar-refractivity contribution >= 4 is 0 Å². The van der Waals surface area contributed by atoms with Crippen molar-refractivity contribution in [3.63, 3.8) is 0 Å². The zero-order valence-corrected chi connectivity index (χ0v) is 11.7. The van der Waals surface area contributed by atoms with Crippen LogP contribution < -0.4 is 0 Å². The first kappa shape index (κ1) is 13.3. The molecule has 104 valence electrons. The van der Waals surface area contributed by atoms with Crippen LogP contribution in [-0.4, -0.2) is 35.7 Å². The summed E-state index contributed by atoms with van der Waals surface area (Å²) in [6.07, 6.45) is 1.09. The third-order valence-electron chi connectivity index (χ3n) is 4.18. The molecule has 1 heterocycles. The zero-order valence-electron chi connectivity index (χ0n) is 11.7. The van der Waals surface area contributed by atoms with Crippen LogP contribution >= 0.6 is 0 Å². The van der Waals surface area contributed by atoms with Crippen molar-refractivity contribution in [2.75, 3.05) is 19.7 Å². The summed E-state index contributed by atoms with van der Waals surface area (Å²) in [5, 5.41) is 9.67. The number of aliphatic hydroxyl groups excluding tert-OH is 1. The minimum atomic E-state index is 0.233. The molecule has 1 aliphatic rings. The van der Waals surface area contributed by atoms with Gasteiger partial charge in [-0.1, -0.05) is 60.7 Å².